The number of rotatable bonds is 3. The molecular formula is C15H12N2O2. The van der Waals surface area contributed by atoms with Gasteiger partial charge in [0.1, 0.15) is 11.4 Å². The molecule has 2 heterocycles. The lowest BCUT2D eigenvalue weighted by molar-refractivity contribution is 0.111. The summed E-state index contributed by atoms with van der Waals surface area (Å²) < 4.78 is 1.77. The van der Waals surface area contributed by atoms with Crippen LogP contribution in [0.25, 0.3) is 5.65 Å². The van der Waals surface area contributed by atoms with Crippen molar-refractivity contribution in [2.24, 2.45) is 0 Å². The third-order valence-electron chi connectivity index (χ3n) is 2.99. The van der Waals surface area contributed by atoms with E-state index in [0.717, 1.165) is 23.2 Å². The summed E-state index contributed by atoms with van der Waals surface area (Å²) in [6, 6.07) is 12.5. The monoisotopic (exact) mass is 252 g/mol. The quantitative estimate of drug-likeness (QED) is 0.728. The Morgan fingerprint density at radius 1 is 1.21 bits per heavy atom. The van der Waals surface area contributed by atoms with Gasteiger partial charge in [0.05, 0.1) is 11.4 Å². The molecule has 4 heteroatoms. The van der Waals surface area contributed by atoms with Gasteiger partial charge in [0.15, 0.2) is 6.29 Å². The van der Waals surface area contributed by atoms with Crippen LogP contribution in [0.15, 0.2) is 48.7 Å². The number of pyridine rings is 1. The van der Waals surface area contributed by atoms with Gasteiger partial charge >= 0.3 is 0 Å². The number of aromatic nitrogens is 2. The standard InChI is InChI=1S/C15H12N2O2/c18-10-13-4-2-6-15-16-12(9-17(13)15)7-11-3-1-5-14(19)8-11/h1-6,8-10,19H,7H2. The molecule has 3 aromatic rings. The minimum absolute atomic E-state index is 0.245. The second-order valence-corrected chi connectivity index (χ2v) is 4.38. The van der Waals surface area contributed by atoms with E-state index >= 15 is 0 Å². The first-order valence-corrected chi connectivity index (χ1v) is 5.96. The van der Waals surface area contributed by atoms with E-state index in [1.165, 1.54) is 0 Å². The highest BCUT2D eigenvalue weighted by atomic mass is 16.3. The third-order valence-corrected chi connectivity index (χ3v) is 2.99. The van der Waals surface area contributed by atoms with E-state index in [9.17, 15) is 9.90 Å². The molecule has 0 aliphatic carbocycles. The highest BCUT2D eigenvalue weighted by Crippen LogP contribution is 2.16. The van der Waals surface area contributed by atoms with E-state index in [-0.39, 0.29) is 5.75 Å². The van der Waals surface area contributed by atoms with Crippen molar-refractivity contribution in [3.05, 3.63) is 65.6 Å². The van der Waals surface area contributed by atoms with Gasteiger partial charge in [-0.3, -0.25) is 9.20 Å². The van der Waals surface area contributed by atoms with Gasteiger partial charge in [0, 0.05) is 12.6 Å². The van der Waals surface area contributed by atoms with Crippen LogP contribution in [0.1, 0.15) is 21.7 Å². The number of phenolic OH excluding ortho intramolecular Hbond substituents is 1. The molecule has 0 aliphatic rings. The summed E-state index contributed by atoms with van der Waals surface area (Å²) in [4.78, 5) is 15.4. The number of hydrogen-bond donors (Lipinski definition) is 1. The lowest BCUT2D eigenvalue weighted by atomic mass is 10.1. The minimum Gasteiger partial charge on any atom is -0.508 e. The average Bonchev–Trinajstić information content (AvgIpc) is 2.80. The predicted octanol–water partition coefficient (Wildman–Crippen LogP) is 2.44. The molecule has 0 amide bonds. The molecule has 0 fully saturated rings. The number of aldehydes is 1. The zero-order chi connectivity index (χ0) is 13.2. The highest BCUT2D eigenvalue weighted by molar-refractivity contribution is 5.73. The topological polar surface area (TPSA) is 54.6 Å². The third kappa shape index (κ3) is 2.20. The Kier molecular flexibility index (Phi) is 2.76. The van der Waals surface area contributed by atoms with Crippen LogP contribution in [0.2, 0.25) is 0 Å². The fraction of sp³-hybridized carbons (Fsp3) is 0.0667. The van der Waals surface area contributed by atoms with Crippen LogP contribution in [0.3, 0.4) is 0 Å². The number of carbonyl (C=O) groups is 1. The molecule has 0 atom stereocenters. The molecule has 0 unspecified atom stereocenters. The molecule has 0 saturated heterocycles. The maximum Gasteiger partial charge on any atom is 0.166 e. The van der Waals surface area contributed by atoms with E-state index < -0.39 is 0 Å². The summed E-state index contributed by atoms with van der Waals surface area (Å²) in [6.07, 6.45) is 3.28. The van der Waals surface area contributed by atoms with Gasteiger partial charge < -0.3 is 5.11 Å². The molecule has 0 radical (unpaired) electrons. The van der Waals surface area contributed by atoms with E-state index in [4.69, 9.17) is 0 Å². The Morgan fingerprint density at radius 2 is 2.05 bits per heavy atom. The average molecular weight is 252 g/mol. The van der Waals surface area contributed by atoms with Crippen LogP contribution in [0, 0.1) is 0 Å². The summed E-state index contributed by atoms with van der Waals surface area (Å²) in [5.74, 6) is 0.245. The Morgan fingerprint density at radius 3 is 2.84 bits per heavy atom. The van der Waals surface area contributed by atoms with Crippen molar-refractivity contribution >= 4 is 11.9 Å². The lowest BCUT2D eigenvalue weighted by Crippen LogP contribution is -1.92. The number of aromatic hydroxyl groups is 1. The summed E-state index contributed by atoms with van der Waals surface area (Å²) in [5.41, 5.74) is 3.17. The van der Waals surface area contributed by atoms with Crippen molar-refractivity contribution < 1.29 is 9.90 Å². The second kappa shape index (κ2) is 4.57. The smallest absolute Gasteiger partial charge is 0.166 e. The van der Waals surface area contributed by atoms with Crippen LogP contribution in [0.5, 0.6) is 5.75 Å². The molecule has 0 aliphatic heterocycles. The number of hydrogen-bond acceptors (Lipinski definition) is 3. The van der Waals surface area contributed by atoms with Crippen LogP contribution in [0.4, 0.5) is 0 Å². The number of nitrogens with zero attached hydrogens (tertiary/aromatic N) is 2. The van der Waals surface area contributed by atoms with Gasteiger partial charge in [-0.15, -0.1) is 0 Å². The fourth-order valence-electron chi connectivity index (χ4n) is 2.14. The number of imidazole rings is 1. The maximum absolute atomic E-state index is 11.0. The van der Waals surface area contributed by atoms with Gasteiger partial charge in [-0.25, -0.2) is 4.98 Å². The molecule has 4 nitrogen and oxygen atoms in total. The predicted molar refractivity (Wildman–Crippen MR) is 71.5 cm³/mol. The first-order chi connectivity index (χ1) is 9.26. The number of carbonyl (C=O) groups excluding carboxylic acids is 1. The molecule has 0 bridgehead atoms. The molecule has 3 rings (SSSR count). The van der Waals surface area contributed by atoms with Gasteiger partial charge in [0.25, 0.3) is 0 Å². The van der Waals surface area contributed by atoms with Crippen molar-refractivity contribution in [3.63, 3.8) is 0 Å². The summed E-state index contributed by atoms with van der Waals surface area (Å²) in [6.45, 7) is 0. The summed E-state index contributed by atoms with van der Waals surface area (Å²) in [7, 11) is 0. The van der Waals surface area contributed by atoms with E-state index in [2.05, 4.69) is 4.98 Å². The van der Waals surface area contributed by atoms with Crippen LogP contribution < -0.4 is 0 Å². The van der Waals surface area contributed by atoms with Gasteiger partial charge in [0.2, 0.25) is 0 Å². The fourth-order valence-corrected chi connectivity index (χ4v) is 2.14. The van der Waals surface area contributed by atoms with Crippen molar-refractivity contribution in [3.8, 4) is 5.75 Å². The van der Waals surface area contributed by atoms with Crippen LogP contribution >= 0.6 is 0 Å². The molecule has 94 valence electrons. The Labute approximate surface area is 110 Å². The lowest BCUT2D eigenvalue weighted by Gasteiger charge is -1.98. The largest absolute Gasteiger partial charge is 0.508 e. The second-order valence-electron chi connectivity index (χ2n) is 4.38. The summed E-state index contributed by atoms with van der Waals surface area (Å²) in [5, 5.41) is 9.44. The highest BCUT2D eigenvalue weighted by Gasteiger charge is 2.05. The molecule has 0 saturated carbocycles. The van der Waals surface area contributed by atoms with Crippen LogP contribution in [-0.2, 0) is 6.42 Å². The summed E-state index contributed by atoms with van der Waals surface area (Å²) >= 11 is 0. The van der Waals surface area contributed by atoms with Crippen molar-refractivity contribution in [1.29, 1.82) is 0 Å². The van der Waals surface area contributed by atoms with E-state index in [1.54, 1.807) is 28.7 Å². The van der Waals surface area contributed by atoms with E-state index in [0.29, 0.717) is 12.1 Å². The number of benzene rings is 1. The Hall–Kier alpha value is -2.62. The Balaban J connectivity index is 2.00. The first-order valence-electron chi connectivity index (χ1n) is 5.96. The van der Waals surface area contributed by atoms with Crippen molar-refractivity contribution in [2.45, 2.75) is 6.42 Å². The molecule has 19 heavy (non-hydrogen) atoms. The van der Waals surface area contributed by atoms with E-state index in [1.807, 2.05) is 24.4 Å². The van der Waals surface area contributed by atoms with Crippen molar-refractivity contribution in [2.75, 3.05) is 0 Å². The number of phenols is 1. The SMILES string of the molecule is O=Cc1cccc2nc(Cc3cccc(O)c3)cn12. The molecule has 1 N–H and O–H groups in total. The number of fused-ring (bicyclic) bond motifs is 1. The van der Waals surface area contributed by atoms with Gasteiger partial charge in [-0.05, 0) is 29.8 Å². The molecular weight excluding hydrogens is 240 g/mol. The van der Waals surface area contributed by atoms with Crippen molar-refractivity contribution in [1.82, 2.24) is 9.38 Å². The first kappa shape index (κ1) is 11.5. The molecule has 2 aromatic heterocycles. The molecule has 1 aromatic carbocycles. The maximum atomic E-state index is 11.0. The minimum atomic E-state index is 0.245. The van der Waals surface area contributed by atoms with Crippen LogP contribution in [-0.4, -0.2) is 20.8 Å². The van der Waals surface area contributed by atoms with Gasteiger partial charge in [-0.1, -0.05) is 18.2 Å². The normalized spacial score (nSPS) is 10.7. The molecule has 0 spiro atoms. The zero-order valence-corrected chi connectivity index (χ0v) is 10.2. The Bertz CT molecular complexity index is 747. The van der Waals surface area contributed by atoms with Gasteiger partial charge in [-0.2, -0.15) is 0 Å². The zero-order valence-electron chi connectivity index (χ0n) is 10.2.